The minimum absolute atomic E-state index is 0. The van der Waals surface area contributed by atoms with Gasteiger partial charge in [-0.2, -0.15) is 0 Å². The molecule has 0 heterocycles. The van der Waals surface area contributed by atoms with Gasteiger partial charge in [-0.3, -0.25) is 0 Å². The Balaban J connectivity index is 0. The topological polar surface area (TPSA) is 148 Å². The van der Waals surface area contributed by atoms with E-state index < -0.39 is 17.5 Å². The molecule has 0 saturated carbocycles. The third kappa shape index (κ3) is 4.36. The van der Waals surface area contributed by atoms with Crippen LogP contribution < -0.4 is 12.3 Å². The van der Waals surface area contributed by atoms with Gasteiger partial charge in [0.2, 0.25) is 0 Å². The molecule has 0 aliphatic heterocycles. The first kappa shape index (κ1) is 16.3. The smallest absolute Gasteiger partial charge is 0.343 e. The van der Waals surface area contributed by atoms with E-state index in [4.69, 9.17) is 10.2 Å². The number of carboxylic acid groups (broad SMARTS) is 2. The first-order chi connectivity index (χ1) is 6.61. The molecule has 0 spiro atoms. The molecule has 1 rings (SSSR count). The Bertz CT molecular complexity index is 371. The highest BCUT2D eigenvalue weighted by molar-refractivity contribution is 6.16. The van der Waals surface area contributed by atoms with Gasteiger partial charge in [-0.05, 0) is 11.6 Å². The lowest BCUT2D eigenvalue weighted by Crippen LogP contribution is -2.10. The van der Waals surface area contributed by atoms with E-state index in [1.165, 1.54) is 0 Å². The van der Waals surface area contributed by atoms with Crippen LogP contribution in [0.3, 0.4) is 0 Å². The Morgan fingerprint density at radius 1 is 0.938 bits per heavy atom. The second-order valence-corrected chi connectivity index (χ2v) is 2.58. The largest absolute Gasteiger partial charge is 0.477 e. The lowest BCUT2D eigenvalue weighted by atomic mass is 10.1. The molecule has 0 aliphatic carbocycles. The fraction of sp³-hybridized carbons (Fsp3) is 0. The Labute approximate surface area is 92.4 Å². The lowest BCUT2D eigenvalue weighted by molar-refractivity contribution is -0.139. The van der Waals surface area contributed by atoms with Crippen LogP contribution in [0.2, 0.25) is 0 Å². The predicted octanol–water partition coefficient (Wildman–Crippen LogP) is 1.99. The summed E-state index contributed by atoms with van der Waals surface area (Å²) in [6.07, 6.45) is 1.12. The highest BCUT2D eigenvalue weighted by Crippen LogP contribution is 2.06. The van der Waals surface area contributed by atoms with Crippen LogP contribution in [0.5, 0.6) is 0 Å². The molecule has 0 aliphatic rings. The van der Waals surface area contributed by atoms with Crippen LogP contribution in [-0.4, -0.2) is 22.2 Å². The molecule has 88 valence electrons. The van der Waals surface area contributed by atoms with E-state index in [2.05, 4.69) is 0 Å². The Hall–Kier alpha value is -2.18. The summed E-state index contributed by atoms with van der Waals surface area (Å²) in [6.45, 7) is 0. The quantitative estimate of drug-likeness (QED) is 0.355. The number of quaternary nitrogens is 2. The maximum atomic E-state index is 10.5. The summed E-state index contributed by atoms with van der Waals surface area (Å²) in [7, 11) is 0. The summed E-state index contributed by atoms with van der Waals surface area (Å²) in [5.74, 6) is -2.89. The number of carbonyl (C=O) groups is 2. The highest BCUT2D eigenvalue weighted by atomic mass is 16.4. The van der Waals surface area contributed by atoms with Crippen LogP contribution in [-0.2, 0) is 9.59 Å². The van der Waals surface area contributed by atoms with Crippen molar-refractivity contribution in [1.82, 2.24) is 12.3 Å². The van der Waals surface area contributed by atoms with Crippen molar-refractivity contribution < 1.29 is 19.8 Å². The van der Waals surface area contributed by atoms with E-state index in [9.17, 15) is 9.59 Å². The van der Waals surface area contributed by atoms with E-state index in [0.717, 1.165) is 6.08 Å². The molecule has 10 N–H and O–H groups in total. The van der Waals surface area contributed by atoms with E-state index in [-0.39, 0.29) is 12.3 Å². The fourth-order valence-electron chi connectivity index (χ4n) is 0.931. The normalized spacial score (nSPS) is 8.00. The van der Waals surface area contributed by atoms with Crippen LogP contribution in [0.15, 0.2) is 35.9 Å². The molecule has 1 aromatic rings. The molecule has 0 amide bonds. The zero-order valence-corrected chi connectivity index (χ0v) is 9.18. The fourth-order valence-corrected chi connectivity index (χ4v) is 0.931. The monoisotopic (exact) mass is 228 g/mol. The summed E-state index contributed by atoms with van der Waals surface area (Å²) in [5, 5.41) is 17.1. The Kier molecular flexibility index (Phi) is 7.27. The number of aliphatic carboxylic acids is 2. The zero-order valence-electron chi connectivity index (χ0n) is 9.18. The van der Waals surface area contributed by atoms with Crippen molar-refractivity contribution in [2.24, 2.45) is 0 Å². The van der Waals surface area contributed by atoms with Gasteiger partial charge in [0, 0.05) is 0 Å². The van der Waals surface area contributed by atoms with E-state index >= 15 is 0 Å². The van der Waals surface area contributed by atoms with Crippen molar-refractivity contribution in [3.8, 4) is 0 Å². The van der Waals surface area contributed by atoms with Gasteiger partial charge >= 0.3 is 11.9 Å². The molecule has 0 radical (unpaired) electrons. The number of rotatable bonds is 3. The highest BCUT2D eigenvalue weighted by Gasteiger charge is 2.15. The van der Waals surface area contributed by atoms with Crippen molar-refractivity contribution in [3.63, 3.8) is 0 Å². The van der Waals surface area contributed by atoms with Crippen molar-refractivity contribution in [2.45, 2.75) is 0 Å². The third-order valence-electron chi connectivity index (χ3n) is 1.57. The molecular formula is C10H16N2O4+2. The number of carboxylic acids is 2. The van der Waals surface area contributed by atoms with Gasteiger partial charge in [-0.25, -0.2) is 9.59 Å². The molecule has 0 unspecified atom stereocenters. The summed E-state index contributed by atoms with van der Waals surface area (Å²) >= 11 is 0. The molecule has 6 heteroatoms. The molecule has 0 atom stereocenters. The maximum absolute atomic E-state index is 10.5. The average molecular weight is 228 g/mol. The minimum atomic E-state index is -1.44. The first-order valence-corrected chi connectivity index (χ1v) is 3.84. The Morgan fingerprint density at radius 2 is 1.38 bits per heavy atom. The second-order valence-electron chi connectivity index (χ2n) is 2.58. The maximum Gasteiger partial charge on any atom is 0.343 e. The van der Waals surface area contributed by atoms with Crippen LogP contribution in [0.1, 0.15) is 5.56 Å². The van der Waals surface area contributed by atoms with E-state index in [1.54, 1.807) is 30.3 Å². The van der Waals surface area contributed by atoms with Crippen molar-refractivity contribution in [2.75, 3.05) is 0 Å². The predicted molar refractivity (Wildman–Crippen MR) is 61.7 cm³/mol. The molecule has 0 aromatic heterocycles. The molecule has 0 fully saturated rings. The molecule has 0 saturated heterocycles. The minimum Gasteiger partial charge on any atom is -0.477 e. The van der Waals surface area contributed by atoms with E-state index in [1.807, 2.05) is 0 Å². The lowest BCUT2D eigenvalue weighted by Gasteiger charge is -1.95. The average Bonchev–Trinajstić information content (AvgIpc) is 2.15. The van der Waals surface area contributed by atoms with Gasteiger partial charge in [-0.1, -0.05) is 30.3 Å². The number of hydrogen-bond donors (Lipinski definition) is 4. The van der Waals surface area contributed by atoms with Crippen LogP contribution >= 0.6 is 0 Å². The van der Waals surface area contributed by atoms with Gasteiger partial charge < -0.3 is 22.5 Å². The summed E-state index contributed by atoms with van der Waals surface area (Å²) in [4.78, 5) is 21.0. The molecular weight excluding hydrogens is 212 g/mol. The van der Waals surface area contributed by atoms with Gasteiger partial charge in [0.05, 0.1) is 0 Å². The number of hydrogen-bond acceptors (Lipinski definition) is 2. The van der Waals surface area contributed by atoms with Gasteiger partial charge in [0.1, 0.15) is 5.57 Å². The molecule has 0 bridgehead atoms. The summed E-state index contributed by atoms with van der Waals surface area (Å²) in [6, 6.07) is 8.43. The van der Waals surface area contributed by atoms with Crippen molar-refractivity contribution >= 4 is 18.0 Å². The van der Waals surface area contributed by atoms with Gasteiger partial charge in [0.15, 0.2) is 0 Å². The van der Waals surface area contributed by atoms with Gasteiger partial charge in [0.25, 0.3) is 0 Å². The summed E-state index contributed by atoms with van der Waals surface area (Å²) < 4.78 is 0. The standard InChI is InChI=1S/C10H8O4.2H3N/c11-9(12)8(10(13)14)6-7-4-2-1-3-5-7;;/h1-6H,(H,11,12)(H,13,14);2*1H3/p+2. The molecule has 1 aromatic carbocycles. The molecule has 16 heavy (non-hydrogen) atoms. The van der Waals surface area contributed by atoms with Crippen LogP contribution in [0.25, 0.3) is 6.08 Å². The zero-order chi connectivity index (χ0) is 10.6. The SMILES string of the molecule is O=C(O)C(=Cc1ccccc1)C(=O)O.[NH4+].[NH4+]. The number of benzene rings is 1. The van der Waals surface area contributed by atoms with Crippen molar-refractivity contribution in [1.29, 1.82) is 0 Å². The van der Waals surface area contributed by atoms with Crippen LogP contribution in [0.4, 0.5) is 0 Å². The Morgan fingerprint density at radius 3 is 1.75 bits per heavy atom. The summed E-state index contributed by atoms with van der Waals surface area (Å²) in [5.41, 5.74) is -0.0940. The molecule has 6 nitrogen and oxygen atoms in total. The van der Waals surface area contributed by atoms with Gasteiger partial charge in [-0.15, -0.1) is 0 Å². The van der Waals surface area contributed by atoms with E-state index in [0.29, 0.717) is 5.56 Å². The van der Waals surface area contributed by atoms with Crippen LogP contribution in [0, 0.1) is 0 Å². The van der Waals surface area contributed by atoms with Crippen molar-refractivity contribution in [3.05, 3.63) is 41.5 Å². The second kappa shape index (κ2) is 7.16. The first-order valence-electron chi connectivity index (χ1n) is 3.84. The third-order valence-corrected chi connectivity index (χ3v) is 1.57.